The summed E-state index contributed by atoms with van der Waals surface area (Å²) in [4.78, 5) is 26.9. The molecule has 6 nitrogen and oxygen atoms in total. The number of aromatic amines is 1. The van der Waals surface area contributed by atoms with Gasteiger partial charge in [-0.25, -0.2) is 0 Å². The smallest absolute Gasteiger partial charge is 0.268 e. The number of H-pyrrole nitrogens is 1. The minimum absolute atomic E-state index is 0.155. The van der Waals surface area contributed by atoms with Gasteiger partial charge in [-0.2, -0.15) is 0 Å². The summed E-state index contributed by atoms with van der Waals surface area (Å²) in [6.45, 7) is 0.631. The van der Waals surface area contributed by atoms with Crippen LogP contribution in [0, 0.1) is 0 Å². The zero-order valence-electron chi connectivity index (χ0n) is 15.2. The Morgan fingerprint density at radius 2 is 1.86 bits per heavy atom. The zero-order valence-corrected chi connectivity index (χ0v) is 16.7. The lowest BCUT2D eigenvalue weighted by molar-refractivity contribution is 0.0938. The molecule has 0 aliphatic carbocycles. The molecule has 4 rings (SSSR count). The number of halogens is 2. The van der Waals surface area contributed by atoms with Crippen molar-refractivity contribution in [3.8, 4) is 5.75 Å². The monoisotopic (exact) mass is 429 g/mol. The molecule has 0 saturated carbocycles. The van der Waals surface area contributed by atoms with Gasteiger partial charge in [0.2, 0.25) is 0 Å². The molecule has 3 aromatic rings. The molecular weight excluding hydrogens is 413 g/mol. The predicted octanol–water partition coefficient (Wildman–Crippen LogP) is 3.87. The van der Waals surface area contributed by atoms with Crippen LogP contribution in [0.2, 0.25) is 10.0 Å². The van der Waals surface area contributed by atoms with E-state index < -0.39 is 17.9 Å². The van der Waals surface area contributed by atoms with Crippen molar-refractivity contribution >= 4 is 35.0 Å². The van der Waals surface area contributed by atoms with E-state index >= 15 is 0 Å². The number of hydrogen-bond donors (Lipinski definition) is 3. The lowest BCUT2D eigenvalue weighted by Gasteiger charge is -2.21. The van der Waals surface area contributed by atoms with Crippen LogP contribution in [0.15, 0.2) is 48.5 Å². The number of ether oxygens (including phenoxy) is 1. The highest BCUT2D eigenvalue weighted by Gasteiger charge is 2.24. The molecule has 2 amide bonds. The van der Waals surface area contributed by atoms with Gasteiger partial charge in [0, 0.05) is 16.5 Å². The Hall–Kier alpha value is -2.96. The van der Waals surface area contributed by atoms with Gasteiger partial charge in [0.05, 0.1) is 12.6 Å². The fraction of sp³-hybridized carbons (Fsp3) is 0.143. The first-order valence-electron chi connectivity index (χ1n) is 8.92. The van der Waals surface area contributed by atoms with Crippen molar-refractivity contribution in [1.82, 2.24) is 10.3 Å². The molecule has 0 fully saturated rings. The van der Waals surface area contributed by atoms with Gasteiger partial charge in [-0.15, -0.1) is 0 Å². The number of nitrogens with one attached hydrogen (secondary N) is 2. The highest BCUT2D eigenvalue weighted by atomic mass is 35.5. The Bertz CT molecular complexity index is 1110. The van der Waals surface area contributed by atoms with Crippen molar-refractivity contribution < 1.29 is 14.3 Å². The average molecular weight is 430 g/mol. The van der Waals surface area contributed by atoms with E-state index in [-0.39, 0.29) is 11.4 Å². The van der Waals surface area contributed by atoms with Crippen molar-refractivity contribution in [2.24, 2.45) is 5.73 Å². The third-order valence-electron chi connectivity index (χ3n) is 4.79. The van der Waals surface area contributed by atoms with E-state index in [1.165, 1.54) is 12.1 Å². The Morgan fingerprint density at radius 3 is 2.62 bits per heavy atom. The fourth-order valence-corrected chi connectivity index (χ4v) is 3.75. The molecule has 1 atom stereocenters. The van der Waals surface area contributed by atoms with Crippen LogP contribution in [0.1, 0.15) is 43.7 Å². The van der Waals surface area contributed by atoms with Crippen LogP contribution < -0.4 is 15.8 Å². The first kappa shape index (κ1) is 19.4. The predicted molar refractivity (Wildman–Crippen MR) is 111 cm³/mol. The molecule has 1 aliphatic heterocycles. The topological polar surface area (TPSA) is 97.2 Å². The van der Waals surface area contributed by atoms with Crippen LogP contribution in [-0.2, 0) is 6.42 Å². The summed E-state index contributed by atoms with van der Waals surface area (Å²) in [7, 11) is 0. The molecule has 0 spiro atoms. The summed E-state index contributed by atoms with van der Waals surface area (Å²) < 4.78 is 5.57. The Balaban J connectivity index is 1.72. The number of primary amides is 1. The maximum absolute atomic E-state index is 12.9. The van der Waals surface area contributed by atoms with E-state index in [1.54, 1.807) is 18.2 Å². The number of rotatable bonds is 5. The van der Waals surface area contributed by atoms with Crippen LogP contribution in [0.4, 0.5) is 0 Å². The second kappa shape index (κ2) is 7.81. The van der Waals surface area contributed by atoms with Crippen LogP contribution >= 0.6 is 23.2 Å². The summed E-state index contributed by atoms with van der Waals surface area (Å²) in [5, 5.41) is 3.95. The standard InChI is InChI=1S/C21H17Cl2N3O3/c22-13-2-3-15(23)14(10-13)19(12-1-6-18-11(9-12)7-8-29-18)26-21(28)17-5-4-16(25-17)20(24)27/h1-6,9-10,19,25H,7-8H2,(H2,24,27)(H,26,28). The second-order valence-electron chi connectivity index (χ2n) is 6.69. The fourth-order valence-electron chi connectivity index (χ4n) is 3.34. The summed E-state index contributed by atoms with van der Waals surface area (Å²) in [6, 6.07) is 13.3. The molecule has 1 unspecified atom stereocenters. The van der Waals surface area contributed by atoms with E-state index in [1.807, 2.05) is 18.2 Å². The van der Waals surface area contributed by atoms with Crippen LogP contribution in [0.5, 0.6) is 5.75 Å². The molecule has 1 aromatic heterocycles. The molecule has 1 aliphatic rings. The van der Waals surface area contributed by atoms with Gasteiger partial charge in [0.15, 0.2) is 0 Å². The molecule has 4 N–H and O–H groups in total. The van der Waals surface area contributed by atoms with Gasteiger partial charge >= 0.3 is 0 Å². The molecule has 0 radical (unpaired) electrons. The van der Waals surface area contributed by atoms with E-state index in [9.17, 15) is 9.59 Å². The minimum atomic E-state index is -0.642. The molecule has 0 bridgehead atoms. The lowest BCUT2D eigenvalue weighted by atomic mass is 9.96. The largest absolute Gasteiger partial charge is 0.493 e. The first-order valence-corrected chi connectivity index (χ1v) is 9.68. The molecule has 2 aromatic carbocycles. The first-order chi connectivity index (χ1) is 13.9. The zero-order chi connectivity index (χ0) is 20.5. The van der Waals surface area contributed by atoms with Crippen molar-refractivity contribution in [2.45, 2.75) is 12.5 Å². The highest BCUT2D eigenvalue weighted by Crippen LogP contribution is 2.34. The normalized spacial score (nSPS) is 13.4. The number of nitrogens with two attached hydrogens (primary N) is 1. The number of fused-ring (bicyclic) bond motifs is 1. The molecular formula is C21H17Cl2N3O3. The summed E-state index contributed by atoms with van der Waals surface area (Å²) in [6.07, 6.45) is 0.797. The van der Waals surface area contributed by atoms with Gasteiger partial charge in [-0.3, -0.25) is 9.59 Å². The Labute approximate surface area is 177 Å². The lowest BCUT2D eigenvalue weighted by Crippen LogP contribution is -2.30. The van der Waals surface area contributed by atoms with Crippen LogP contribution in [0.3, 0.4) is 0 Å². The number of benzene rings is 2. The third-order valence-corrected chi connectivity index (χ3v) is 5.37. The van der Waals surface area contributed by atoms with Gasteiger partial charge in [0.25, 0.3) is 11.8 Å². The minimum Gasteiger partial charge on any atom is -0.493 e. The Kier molecular flexibility index (Phi) is 5.22. The van der Waals surface area contributed by atoms with Crippen molar-refractivity contribution in [3.05, 3.63) is 86.7 Å². The van der Waals surface area contributed by atoms with Crippen molar-refractivity contribution in [2.75, 3.05) is 6.61 Å². The number of amides is 2. The molecule has 8 heteroatoms. The third kappa shape index (κ3) is 3.95. The van der Waals surface area contributed by atoms with E-state index in [2.05, 4.69) is 10.3 Å². The number of aromatic nitrogens is 1. The number of carbonyl (C=O) groups is 2. The molecule has 0 saturated heterocycles. The number of hydrogen-bond acceptors (Lipinski definition) is 3. The maximum Gasteiger partial charge on any atom is 0.268 e. The van der Waals surface area contributed by atoms with E-state index in [4.69, 9.17) is 33.7 Å². The number of carbonyl (C=O) groups excluding carboxylic acids is 2. The second-order valence-corrected chi connectivity index (χ2v) is 7.53. The molecule has 148 valence electrons. The van der Waals surface area contributed by atoms with Gasteiger partial charge in [0.1, 0.15) is 17.1 Å². The van der Waals surface area contributed by atoms with Gasteiger partial charge < -0.3 is 20.8 Å². The molecule has 2 heterocycles. The molecule has 29 heavy (non-hydrogen) atoms. The van der Waals surface area contributed by atoms with Crippen molar-refractivity contribution in [1.29, 1.82) is 0 Å². The average Bonchev–Trinajstić information content (AvgIpc) is 3.37. The van der Waals surface area contributed by atoms with Crippen LogP contribution in [0.25, 0.3) is 0 Å². The quantitative estimate of drug-likeness (QED) is 0.573. The van der Waals surface area contributed by atoms with E-state index in [0.717, 1.165) is 23.3 Å². The summed E-state index contributed by atoms with van der Waals surface area (Å²) in [5.41, 5.74) is 8.19. The van der Waals surface area contributed by atoms with Crippen molar-refractivity contribution in [3.63, 3.8) is 0 Å². The highest BCUT2D eigenvalue weighted by molar-refractivity contribution is 6.33. The summed E-state index contributed by atoms with van der Waals surface area (Å²) in [5.74, 6) is -0.209. The SMILES string of the molecule is NC(=O)c1ccc(C(=O)NC(c2ccc3c(c2)CCO3)c2cc(Cl)ccc2Cl)[nH]1. The van der Waals surface area contributed by atoms with E-state index in [0.29, 0.717) is 22.2 Å². The van der Waals surface area contributed by atoms with Crippen LogP contribution in [-0.4, -0.2) is 23.4 Å². The van der Waals surface area contributed by atoms with Gasteiger partial charge in [-0.05, 0) is 59.2 Å². The summed E-state index contributed by atoms with van der Waals surface area (Å²) >= 11 is 12.6. The van der Waals surface area contributed by atoms with Gasteiger partial charge in [-0.1, -0.05) is 29.3 Å². The maximum atomic E-state index is 12.9. The Morgan fingerprint density at radius 1 is 1.07 bits per heavy atom.